The molecule has 0 amide bonds. The average molecular weight is 1420 g/mol. The molecule has 0 aliphatic carbocycles. The van der Waals surface area contributed by atoms with Gasteiger partial charge in [-0.05, 0) is 222 Å². The van der Waals surface area contributed by atoms with Crippen molar-refractivity contribution >= 4 is 101 Å². The molecule has 2 aliphatic rings. The summed E-state index contributed by atoms with van der Waals surface area (Å²) in [5, 5.41) is 1.13. The zero-order valence-electron chi connectivity index (χ0n) is 82.3. The number of nitrogens with zero attached hydrogens (tertiary/aromatic N) is 4. The number of rotatable bonds is 13. The minimum Gasteiger partial charge on any atom is -0.310 e. The van der Waals surface area contributed by atoms with E-state index < -0.39 is 89.8 Å². The molecule has 2 aromatic heterocycles. The lowest BCUT2D eigenvalue weighted by Crippen LogP contribution is -2.61. The summed E-state index contributed by atoms with van der Waals surface area (Å²) in [5.74, 6) is 0. The molecule has 0 N–H and O–H groups in total. The summed E-state index contributed by atoms with van der Waals surface area (Å²) in [6.45, 7) is 26.9. The fraction of sp³-hybridized carbons (Fsp3) is 0.243. The molecule has 2 aliphatic heterocycles. The second-order valence-corrected chi connectivity index (χ2v) is 34.3. The molecule has 0 radical (unpaired) electrons. The van der Waals surface area contributed by atoms with Gasteiger partial charge >= 0.3 is 0 Å². The number of hydrogen-bond donors (Lipinski definition) is 0. The van der Waals surface area contributed by atoms with Gasteiger partial charge in [0, 0.05) is 91.6 Å². The Kier molecular flexibility index (Phi) is 12.8. The third kappa shape index (κ3) is 13.3. The molecular weight excluding hydrogens is 1300 g/mol. The van der Waals surface area contributed by atoms with Gasteiger partial charge in [0.1, 0.15) is 0 Å². The fourth-order valence-electron chi connectivity index (χ4n) is 16.3. The Morgan fingerprint density at radius 1 is 0.287 bits per heavy atom. The van der Waals surface area contributed by atoms with Crippen molar-refractivity contribution in [1.82, 2.24) is 9.13 Å². The van der Waals surface area contributed by atoms with Gasteiger partial charge in [-0.3, -0.25) is 0 Å². The largest absolute Gasteiger partial charge is 0.310 e. The van der Waals surface area contributed by atoms with Crippen LogP contribution in [0.25, 0.3) is 99.5 Å². The van der Waals surface area contributed by atoms with E-state index in [9.17, 15) is 24.7 Å². The van der Waals surface area contributed by atoms with Crippen LogP contribution >= 0.6 is 0 Å². The van der Waals surface area contributed by atoms with Crippen molar-refractivity contribution in [3.8, 4) is 55.9 Å². The molecule has 0 saturated carbocycles. The molecule has 0 saturated heterocycles. The zero-order valence-corrected chi connectivity index (χ0v) is 64.3. The van der Waals surface area contributed by atoms with Gasteiger partial charge in [0.05, 0.1) is 44.4 Å². The Balaban J connectivity index is 1.12. The summed E-state index contributed by atoms with van der Waals surface area (Å²) in [6, 6.07) is 70.2. The highest BCUT2D eigenvalue weighted by Crippen LogP contribution is 2.55. The minimum atomic E-state index is -2.23. The van der Waals surface area contributed by atoms with Gasteiger partial charge in [-0.25, -0.2) is 0 Å². The maximum Gasteiger partial charge on any atom is 0.252 e. The van der Waals surface area contributed by atoms with Gasteiger partial charge < -0.3 is 18.9 Å². The Morgan fingerprint density at radius 3 is 0.917 bits per heavy atom. The third-order valence-electron chi connectivity index (χ3n) is 20.0. The summed E-state index contributed by atoms with van der Waals surface area (Å²) in [5.41, 5.74) is 9.21. The first-order valence-corrected chi connectivity index (χ1v) is 37.6. The van der Waals surface area contributed by atoms with E-state index in [1.807, 2.05) is 307 Å². The lowest BCUT2D eigenvalue weighted by atomic mass is 9.33. The predicted octanol–water partition coefficient (Wildman–Crippen LogP) is 26.6. The first-order valence-electron chi connectivity index (χ1n) is 46.6. The van der Waals surface area contributed by atoms with Crippen molar-refractivity contribution in [2.45, 2.75) is 136 Å². The van der Waals surface area contributed by atoms with E-state index in [4.69, 9.17) is 0 Å². The van der Waals surface area contributed by atoms with E-state index in [1.165, 1.54) is 0 Å². The SMILES string of the molecule is [2H]c1c([2H])c([2H])c2c(c1[2H])c1cc(C([2H])([2H])C(C)(C)C)ccc1n2-c1ccc2c(c1)N(c1c(-c3ccccc3)cc(C([2H])([2H])C(C)(C)C)cc1-c1ccccc1)c1cc(C([2H])([2H])C(C)(C)C)cc3c1B2c1ccc(-n2c4ccc(C([2H])([2H])C(C)(C)C)cc4c4c([2H])c([2H])c([2H])c([2H])c42)cc1N3c1c(-c2ccccc2)cc(C([2H])([2H])C(C)(C)C)cc1-c1ccccc1. The summed E-state index contributed by atoms with van der Waals surface area (Å²) >= 11 is 0. The van der Waals surface area contributed by atoms with E-state index >= 15 is 0 Å². The van der Waals surface area contributed by atoms with Crippen LogP contribution in [0.2, 0.25) is 0 Å². The normalized spacial score (nSPS) is 16.3. The van der Waals surface area contributed by atoms with Crippen LogP contribution in [0.4, 0.5) is 34.1 Å². The van der Waals surface area contributed by atoms with Crippen LogP contribution in [0.3, 0.4) is 0 Å². The number of benzene rings is 13. The highest BCUT2D eigenvalue weighted by atomic mass is 15.2. The molecule has 0 unspecified atom stereocenters. The number of fused-ring (bicyclic) bond motifs is 10. The van der Waals surface area contributed by atoms with Gasteiger partial charge in [0.2, 0.25) is 0 Å². The first-order chi connectivity index (χ1) is 58.8. The Hall–Kier alpha value is -10.9. The molecule has 13 aromatic carbocycles. The van der Waals surface area contributed by atoms with Crippen LogP contribution in [0.15, 0.2) is 279 Å². The van der Waals surface area contributed by atoms with Gasteiger partial charge in [-0.15, -0.1) is 0 Å². The predicted molar refractivity (Wildman–Crippen MR) is 467 cm³/mol. The van der Waals surface area contributed by atoms with Crippen LogP contribution in [0, 0.1) is 27.1 Å². The van der Waals surface area contributed by atoms with Crippen LogP contribution < -0.4 is 26.2 Å². The van der Waals surface area contributed by atoms with Crippen LogP contribution in [-0.2, 0) is 31.9 Å². The molecule has 4 nitrogen and oxygen atoms in total. The number of para-hydroxylation sites is 2. The first kappa shape index (κ1) is 52.2. The topological polar surface area (TPSA) is 16.3 Å². The quantitative estimate of drug-likeness (QED) is 0.107. The summed E-state index contributed by atoms with van der Waals surface area (Å²) in [6.07, 6.45) is -10.1. The molecule has 0 bridgehead atoms. The smallest absolute Gasteiger partial charge is 0.252 e. The van der Waals surface area contributed by atoms with E-state index in [0.717, 1.165) is 0 Å². The molecular formula is C103H101BN4. The van der Waals surface area contributed by atoms with Crippen molar-refractivity contribution in [3.63, 3.8) is 0 Å². The maximum atomic E-state index is 11.0. The Bertz CT molecular complexity index is 6480. The molecule has 0 spiro atoms. The second-order valence-electron chi connectivity index (χ2n) is 34.3. The molecule has 0 fully saturated rings. The van der Waals surface area contributed by atoms with Gasteiger partial charge in [0.15, 0.2) is 0 Å². The summed E-state index contributed by atoms with van der Waals surface area (Å²) in [7, 11) is 0. The van der Waals surface area contributed by atoms with Gasteiger partial charge in [0.25, 0.3) is 6.71 Å². The van der Waals surface area contributed by atoms with E-state index in [2.05, 4.69) is 9.80 Å². The molecule has 17 rings (SSSR count). The molecule has 5 heteroatoms. The third-order valence-corrected chi connectivity index (χ3v) is 20.0. The number of hydrogen-bond acceptors (Lipinski definition) is 2. The molecule has 536 valence electrons. The standard InChI is InChI=1S/C103H101BN4/c1-99(2,3)62-67-44-50-90-84(52-67)78-40-28-30-42-88(78)105(90)76-46-48-86-92(60-76)107(97-80(72-32-20-16-21-33-72)54-69(64-101(7,8)9)55-81(97)73-34-22-17-23-35-73)94-58-71(66-103(13,14)15)59-95-96(94)104(86)87-49-47-77(106-89-43-31-29-41-79(89)85-53-68(45-51-91(85)106)63-100(4,5)6)61-93(87)108(95)98-82(74-36-24-18-25-37-74)56-70(65-102(10,11)12)57-83(98)75-38-26-19-27-39-75/h16-61H,62-66H2,1-15H3/i28D,29D,30D,31D,40D,41D,42D,43D,62D2,63D2,64D2,65D2,66D2. The maximum absolute atomic E-state index is 11.0. The van der Waals surface area contributed by atoms with E-state index in [-0.39, 0.29) is 51.5 Å². The van der Waals surface area contributed by atoms with Crippen molar-refractivity contribution in [2.24, 2.45) is 27.1 Å². The average Bonchev–Trinajstić information content (AvgIpc) is 0.731. The van der Waals surface area contributed by atoms with Crippen LogP contribution in [0.5, 0.6) is 0 Å². The van der Waals surface area contributed by atoms with Gasteiger partial charge in [-0.2, -0.15) is 0 Å². The van der Waals surface area contributed by atoms with Crippen LogP contribution in [0.1, 0.15) is 156 Å². The zero-order chi connectivity index (χ0) is 90.9. The highest BCUT2D eigenvalue weighted by Gasteiger charge is 2.46. The number of aromatic nitrogens is 2. The van der Waals surface area contributed by atoms with Gasteiger partial charge in [-0.1, -0.05) is 286 Å². The van der Waals surface area contributed by atoms with Crippen molar-refractivity contribution in [2.75, 3.05) is 9.80 Å². The van der Waals surface area contributed by atoms with Crippen molar-refractivity contribution in [3.05, 3.63) is 307 Å². The molecule has 0 atom stereocenters. The molecule has 15 aromatic rings. The highest BCUT2D eigenvalue weighted by molar-refractivity contribution is 7.00. The van der Waals surface area contributed by atoms with E-state index in [1.54, 1.807) is 36.4 Å². The fourth-order valence-corrected chi connectivity index (χ4v) is 16.3. The second kappa shape index (κ2) is 26.5. The Morgan fingerprint density at radius 2 is 0.593 bits per heavy atom. The molecule has 4 heterocycles. The van der Waals surface area contributed by atoms with Crippen LogP contribution in [-0.4, -0.2) is 15.8 Å². The van der Waals surface area contributed by atoms with Crippen molar-refractivity contribution < 1.29 is 24.7 Å². The Labute approximate surface area is 666 Å². The lowest BCUT2D eigenvalue weighted by molar-refractivity contribution is 0.411. The summed E-state index contributed by atoms with van der Waals surface area (Å²) < 4.78 is 183. The lowest BCUT2D eigenvalue weighted by Gasteiger charge is -2.46. The molecule has 108 heavy (non-hydrogen) atoms. The summed E-state index contributed by atoms with van der Waals surface area (Å²) in [4.78, 5) is 4.38. The minimum absolute atomic E-state index is 0.133. The monoisotopic (exact) mass is 1420 g/mol. The van der Waals surface area contributed by atoms with Crippen molar-refractivity contribution in [1.29, 1.82) is 0 Å². The van der Waals surface area contributed by atoms with E-state index in [0.29, 0.717) is 150 Å². The number of anilines is 6.